The smallest absolute Gasteiger partial charge is 0.347 e. The number of carbonyl (C=O) groups is 2. The van der Waals surface area contributed by atoms with E-state index in [1.807, 2.05) is 0 Å². The minimum absolute atomic E-state index is 0.125. The second-order valence-electron chi connectivity index (χ2n) is 5.54. The van der Waals surface area contributed by atoms with Crippen molar-refractivity contribution in [3.8, 4) is 0 Å². The van der Waals surface area contributed by atoms with Gasteiger partial charge in [-0.15, -0.1) is 0 Å². The average molecular weight is 345 g/mol. The predicted octanol–water partition coefficient (Wildman–Crippen LogP) is -1.20. The number of pyridine rings is 1. The van der Waals surface area contributed by atoms with E-state index in [2.05, 4.69) is 20.6 Å². The van der Waals surface area contributed by atoms with Gasteiger partial charge in [-0.2, -0.15) is 0 Å². The fourth-order valence-corrected chi connectivity index (χ4v) is 2.10. The van der Waals surface area contributed by atoms with Crippen molar-refractivity contribution in [3.63, 3.8) is 0 Å². The van der Waals surface area contributed by atoms with Crippen molar-refractivity contribution in [2.24, 2.45) is 0 Å². The summed E-state index contributed by atoms with van der Waals surface area (Å²) in [7, 11) is 0. The first-order valence-electron chi connectivity index (χ1n) is 7.69. The second-order valence-corrected chi connectivity index (χ2v) is 5.54. The van der Waals surface area contributed by atoms with Gasteiger partial charge in [-0.1, -0.05) is 6.07 Å². The molecule has 2 aromatic rings. The first kappa shape index (κ1) is 18.1. The number of hydrogen-bond acceptors (Lipinski definition) is 5. The summed E-state index contributed by atoms with van der Waals surface area (Å²) in [5.41, 5.74) is -0.0443. The topological polar surface area (TPSA) is 126 Å². The lowest BCUT2D eigenvalue weighted by Crippen LogP contribution is -2.43. The molecule has 2 rings (SSSR count). The molecule has 1 unspecified atom stereocenters. The number of rotatable bonds is 7. The minimum atomic E-state index is -0.500. The van der Waals surface area contributed by atoms with Crippen molar-refractivity contribution in [2.45, 2.75) is 25.9 Å². The van der Waals surface area contributed by atoms with Crippen LogP contribution in [0.5, 0.6) is 0 Å². The van der Waals surface area contributed by atoms with Gasteiger partial charge in [0.05, 0.1) is 6.42 Å². The molecule has 2 heterocycles. The summed E-state index contributed by atoms with van der Waals surface area (Å²) in [6.45, 7) is 1.84. The largest absolute Gasteiger partial charge is 0.352 e. The lowest BCUT2D eigenvalue weighted by molar-refractivity contribution is -0.123. The highest BCUT2D eigenvalue weighted by Crippen LogP contribution is 1.95. The minimum Gasteiger partial charge on any atom is -0.352 e. The molecular weight excluding hydrogens is 326 g/mol. The monoisotopic (exact) mass is 345 g/mol. The quantitative estimate of drug-likeness (QED) is 0.581. The molecule has 0 radical (unpaired) electrons. The van der Waals surface area contributed by atoms with Crippen LogP contribution in [0.2, 0.25) is 0 Å². The highest BCUT2D eigenvalue weighted by molar-refractivity contribution is 5.79. The molecule has 0 aromatic carbocycles. The summed E-state index contributed by atoms with van der Waals surface area (Å²) in [6, 6.07) is 4.21. The van der Waals surface area contributed by atoms with E-state index in [1.54, 1.807) is 19.1 Å². The summed E-state index contributed by atoms with van der Waals surface area (Å²) in [5, 5.41) is 5.39. The number of H-pyrrole nitrogens is 1. The molecule has 3 N–H and O–H groups in total. The number of amides is 2. The van der Waals surface area contributed by atoms with Gasteiger partial charge in [-0.3, -0.25) is 19.0 Å². The highest BCUT2D eigenvalue weighted by atomic mass is 16.2. The Morgan fingerprint density at radius 3 is 2.76 bits per heavy atom. The fraction of sp³-hybridized carbons (Fsp3) is 0.312. The van der Waals surface area contributed by atoms with Crippen molar-refractivity contribution < 1.29 is 9.59 Å². The first-order chi connectivity index (χ1) is 11.9. The summed E-state index contributed by atoms with van der Waals surface area (Å²) >= 11 is 0. The van der Waals surface area contributed by atoms with E-state index in [0.717, 1.165) is 0 Å². The van der Waals surface area contributed by atoms with Gasteiger partial charge < -0.3 is 15.6 Å². The van der Waals surface area contributed by atoms with Crippen molar-refractivity contribution in [1.29, 1.82) is 0 Å². The van der Waals surface area contributed by atoms with Crippen molar-refractivity contribution >= 4 is 11.8 Å². The number of nitrogens with zero attached hydrogens (tertiary/aromatic N) is 2. The molecule has 0 saturated carbocycles. The van der Waals surface area contributed by atoms with Gasteiger partial charge in [0.2, 0.25) is 17.4 Å². The van der Waals surface area contributed by atoms with E-state index in [0.29, 0.717) is 5.56 Å². The van der Waals surface area contributed by atoms with Gasteiger partial charge in [0.15, 0.2) is 0 Å². The van der Waals surface area contributed by atoms with Gasteiger partial charge in [-0.05, 0) is 18.6 Å². The van der Waals surface area contributed by atoms with Gasteiger partial charge >= 0.3 is 5.69 Å². The molecule has 9 nitrogen and oxygen atoms in total. The van der Waals surface area contributed by atoms with Crippen molar-refractivity contribution in [3.05, 3.63) is 63.2 Å². The predicted molar refractivity (Wildman–Crippen MR) is 89.9 cm³/mol. The fourth-order valence-electron chi connectivity index (χ4n) is 2.10. The van der Waals surface area contributed by atoms with Crippen LogP contribution < -0.4 is 21.9 Å². The average Bonchev–Trinajstić information content (AvgIpc) is 2.57. The lowest BCUT2D eigenvalue weighted by Gasteiger charge is -2.15. The maximum atomic E-state index is 11.9. The highest BCUT2D eigenvalue weighted by Gasteiger charge is 2.10. The Bertz CT molecular complexity index is 837. The van der Waals surface area contributed by atoms with Gasteiger partial charge in [0, 0.05) is 37.2 Å². The molecule has 9 heteroatoms. The molecule has 0 aliphatic carbocycles. The second kappa shape index (κ2) is 8.57. The molecule has 0 spiro atoms. The third kappa shape index (κ3) is 6.05. The lowest BCUT2D eigenvalue weighted by atomic mass is 10.2. The third-order valence-corrected chi connectivity index (χ3v) is 3.32. The van der Waals surface area contributed by atoms with Gasteiger partial charge in [0.1, 0.15) is 6.54 Å². The van der Waals surface area contributed by atoms with Crippen LogP contribution in [-0.2, 0) is 22.6 Å². The van der Waals surface area contributed by atoms with Crippen LogP contribution in [0.3, 0.4) is 0 Å². The Morgan fingerprint density at radius 1 is 1.28 bits per heavy atom. The number of hydrogen-bond donors (Lipinski definition) is 3. The normalized spacial score (nSPS) is 11.6. The molecule has 0 bridgehead atoms. The molecular formula is C16H19N5O4. The van der Waals surface area contributed by atoms with E-state index in [4.69, 9.17) is 0 Å². The maximum absolute atomic E-state index is 11.9. The zero-order valence-corrected chi connectivity index (χ0v) is 13.7. The zero-order valence-electron chi connectivity index (χ0n) is 13.7. The number of carbonyl (C=O) groups excluding carboxylic acids is 2. The molecule has 0 aliphatic heterocycles. The van der Waals surface area contributed by atoms with Gasteiger partial charge in [-0.25, -0.2) is 9.78 Å². The van der Waals surface area contributed by atoms with E-state index in [1.165, 1.54) is 29.2 Å². The summed E-state index contributed by atoms with van der Waals surface area (Å²) in [6.07, 6.45) is 4.45. The molecule has 2 aromatic heterocycles. The van der Waals surface area contributed by atoms with Crippen LogP contribution >= 0.6 is 0 Å². The van der Waals surface area contributed by atoms with Crippen LogP contribution in [0.25, 0.3) is 0 Å². The van der Waals surface area contributed by atoms with Crippen molar-refractivity contribution in [1.82, 2.24) is 25.2 Å². The van der Waals surface area contributed by atoms with Gasteiger partial charge in [0.25, 0.3) is 0 Å². The van der Waals surface area contributed by atoms with Crippen LogP contribution in [0.4, 0.5) is 0 Å². The number of aromatic nitrogens is 3. The Labute approximate surface area is 143 Å². The van der Waals surface area contributed by atoms with Crippen molar-refractivity contribution in [2.75, 3.05) is 6.54 Å². The zero-order chi connectivity index (χ0) is 18.2. The summed E-state index contributed by atoms with van der Waals surface area (Å²) in [4.78, 5) is 52.2. The number of nitrogens with one attached hydrogen (secondary N) is 3. The van der Waals surface area contributed by atoms with Crippen LogP contribution in [0.15, 0.2) is 46.4 Å². The van der Waals surface area contributed by atoms with Crippen LogP contribution in [-0.4, -0.2) is 38.9 Å². The molecule has 2 amide bonds. The molecule has 0 fully saturated rings. The third-order valence-electron chi connectivity index (χ3n) is 3.32. The van der Waals surface area contributed by atoms with Crippen LogP contribution in [0, 0.1) is 0 Å². The SMILES string of the molecule is CC(CNC(=O)Cn1cccnc1=O)NC(=O)Cc1ccc(=O)[nH]c1. The standard InChI is InChI=1S/C16H19N5O4/c1-11(20-14(23)7-12-3-4-13(22)19-9-12)8-18-15(24)10-21-6-2-5-17-16(21)25/h2-6,9,11H,7-8,10H2,1H3,(H,18,24)(H,19,22)(H,20,23). The molecule has 132 valence electrons. The van der Waals surface area contributed by atoms with E-state index >= 15 is 0 Å². The molecule has 0 saturated heterocycles. The van der Waals surface area contributed by atoms with Crippen LogP contribution in [0.1, 0.15) is 12.5 Å². The maximum Gasteiger partial charge on any atom is 0.347 e. The Kier molecular flexibility index (Phi) is 6.21. The Balaban J connectivity index is 1.75. The Hall–Kier alpha value is -3.23. The number of aromatic amines is 1. The summed E-state index contributed by atoms with van der Waals surface area (Å²) < 4.78 is 1.19. The van der Waals surface area contributed by atoms with E-state index in [9.17, 15) is 19.2 Å². The first-order valence-corrected chi connectivity index (χ1v) is 7.69. The van der Waals surface area contributed by atoms with E-state index < -0.39 is 5.69 Å². The molecule has 1 atom stereocenters. The molecule has 25 heavy (non-hydrogen) atoms. The van der Waals surface area contributed by atoms with E-state index in [-0.39, 0.29) is 42.9 Å². The molecule has 0 aliphatic rings. The Morgan fingerprint density at radius 2 is 2.08 bits per heavy atom. The summed E-state index contributed by atoms with van der Waals surface area (Å²) in [5.74, 6) is -0.575.